The van der Waals surface area contributed by atoms with E-state index in [9.17, 15) is 14.4 Å². The third-order valence-corrected chi connectivity index (χ3v) is 8.26. The Balaban J connectivity index is 1.50. The van der Waals surface area contributed by atoms with Crippen molar-refractivity contribution in [3.8, 4) is 11.5 Å². The Morgan fingerprint density at radius 3 is 2.59 bits per heavy atom. The second-order valence-electron chi connectivity index (χ2n) is 9.64. The molecular weight excluding hydrogens is 496 g/mol. The van der Waals surface area contributed by atoms with Crippen molar-refractivity contribution in [1.29, 1.82) is 0 Å². The van der Waals surface area contributed by atoms with E-state index in [2.05, 4.69) is 22.0 Å². The van der Waals surface area contributed by atoms with E-state index in [0.717, 1.165) is 29.9 Å². The number of halogens is 1. The van der Waals surface area contributed by atoms with E-state index in [1.165, 1.54) is 4.90 Å². The molecule has 3 aliphatic heterocycles. The number of piperazine rings is 1. The number of methoxy groups -OCH3 is 2. The van der Waals surface area contributed by atoms with Crippen LogP contribution in [0.4, 0.5) is 10.5 Å². The number of urea groups is 1. The summed E-state index contributed by atoms with van der Waals surface area (Å²) < 4.78 is 10.7. The van der Waals surface area contributed by atoms with Crippen molar-refractivity contribution < 1.29 is 23.9 Å². The van der Waals surface area contributed by atoms with Crippen LogP contribution in [0.2, 0.25) is 5.02 Å². The number of barbiturate groups is 1. The summed E-state index contributed by atoms with van der Waals surface area (Å²) in [5.41, 5.74) is 1.13. The number of rotatable bonds is 6. The Labute approximate surface area is 221 Å². The van der Waals surface area contributed by atoms with Gasteiger partial charge >= 0.3 is 6.03 Å². The SMILES string of the molecule is CCN1CCN2c3cccc(Cl)c3C[C@@]3(C(=O)NC(=O)N(CCc4ccc(OC)c(OC)c4)C3=O)[C@@H]2C1. The van der Waals surface area contributed by atoms with Crippen LogP contribution in [0.1, 0.15) is 18.1 Å². The minimum atomic E-state index is -1.46. The van der Waals surface area contributed by atoms with E-state index in [1.807, 2.05) is 24.3 Å². The number of hydrogen-bond donors (Lipinski definition) is 1. The first-order valence-electron chi connectivity index (χ1n) is 12.5. The fraction of sp³-hybridized carbons (Fsp3) is 0.444. The summed E-state index contributed by atoms with van der Waals surface area (Å²) in [6, 6.07) is 10.0. The van der Waals surface area contributed by atoms with Gasteiger partial charge in [-0.25, -0.2) is 4.79 Å². The van der Waals surface area contributed by atoms with Gasteiger partial charge in [0.25, 0.3) is 0 Å². The van der Waals surface area contributed by atoms with E-state index in [4.69, 9.17) is 21.1 Å². The highest BCUT2D eigenvalue weighted by atomic mass is 35.5. The van der Waals surface area contributed by atoms with Crippen molar-refractivity contribution in [2.75, 3.05) is 51.8 Å². The molecule has 0 aliphatic carbocycles. The Bertz CT molecular complexity index is 1250. The Hall–Kier alpha value is -3.30. The number of nitrogens with zero attached hydrogens (tertiary/aromatic N) is 3. The van der Waals surface area contributed by atoms with Gasteiger partial charge in [-0.3, -0.25) is 24.7 Å². The van der Waals surface area contributed by atoms with Crippen LogP contribution in [-0.4, -0.2) is 80.6 Å². The molecule has 37 heavy (non-hydrogen) atoms. The van der Waals surface area contributed by atoms with E-state index in [-0.39, 0.29) is 13.0 Å². The lowest BCUT2D eigenvalue weighted by Crippen LogP contribution is -2.75. The van der Waals surface area contributed by atoms with Crippen LogP contribution < -0.4 is 19.7 Å². The summed E-state index contributed by atoms with van der Waals surface area (Å²) in [5.74, 6) is 0.138. The minimum Gasteiger partial charge on any atom is -0.493 e. The van der Waals surface area contributed by atoms with Crippen molar-refractivity contribution >= 4 is 35.1 Å². The quantitative estimate of drug-likeness (QED) is 0.579. The molecule has 2 atom stereocenters. The summed E-state index contributed by atoms with van der Waals surface area (Å²) in [6.45, 7) is 5.01. The normalized spacial score (nSPS) is 23.6. The van der Waals surface area contributed by atoms with Gasteiger partial charge in [-0.1, -0.05) is 30.7 Å². The number of ether oxygens (including phenoxy) is 2. The molecule has 2 saturated heterocycles. The number of nitrogens with one attached hydrogen (secondary N) is 1. The maximum absolute atomic E-state index is 14.3. The summed E-state index contributed by atoms with van der Waals surface area (Å²) in [6.07, 6.45) is 0.544. The van der Waals surface area contributed by atoms with E-state index in [1.54, 1.807) is 26.4 Å². The molecular formula is C27H31ClN4O5. The second-order valence-corrected chi connectivity index (χ2v) is 10.1. The van der Waals surface area contributed by atoms with Gasteiger partial charge < -0.3 is 14.4 Å². The molecule has 2 aromatic carbocycles. The summed E-state index contributed by atoms with van der Waals surface area (Å²) in [7, 11) is 3.12. The van der Waals surface area contributed by atoms with Crippen LogP contribution in [0.25, 0.3) is 0 Å². The molecule has 10 heteroatoms. The number of benzene rings is 2. The Morgan fingerprint density at radius 1 is 1.08 bits per heavy atom. The zero-order chi connectivity index (χ0) is 26.3. The zero-order valence-electron chi connectivity index (χ0n) is 21.3. The number of likely N-dealkylation sites (N-methyl/N-ethyl adjacent to an activating group) is 1. The minimum absolute atomic E-state index is 0.120. The summed E-state index contributed by atoms with van der Waals surface area (Å²) >= 11 is 6.60. The third kappa shape index (κ3) is 4.10. The van der Waals surface area contributed by atoms with Gasteiger partial charge in [0.1, 0.15) is 0 Å². The molecule has 5 rings (SSSR count). The lowest BCUT2D eigenvalue weighted by Gasteiger charge is -2.55. The molecule has 1 N–H and O–H groups in total. The average molecular weight is 527 g/mol. The maximum atomic E-state index is 14.3. The summed E-state index contributed by atoms with van der Waals surface area (Å²) in [5, 5.41) is 3.02. The monoisotopic (exact) mass is 526 g/mol. The number of carbonyl (C=O) groups excluding carboxylic acids is 3. The first-order chi connectivity index (χ1) is 17.8. The highest BCUT2D eigenvalue weighted by Crippen LogP contribution is 2.47. The van der Waals surface area contributed by atoms with Crippen LogP contribution in [0.15, 0.2) is 36.4 Å². The van der Waals surface area contributed by atoms with Crippen LogP contribution in [0, 0.1) is 5.41 Å². The van der Waals surface area contributed by atoms with Crippen LogP contribution >= 0.6 is 11.6 Å². The molecule has 0 unspecified atom stereocenters. The van der Waals surface area contributed by atoms with Gasteiger partial charge in [0.05, 0.1) is 20.3 Å². The van der Waals surface area contributed by atoms with E-state index in [0.29, 0.717) is 36.0 Å². The van der Waals surface area contributed by atoms with Crippen molar-refractivity contribution in [3.63, 3.8) is 0 Å². The van der Waals surface area contributed by atoms with Gasteiger partial charge in [0, 0.05) is 43.3 Å². The van der Waals surface area contributed by atoms with Gasteiger partial charge in [-0.15, -0.1) is 0 Å². The molecule has 1 spiro atoms. The van der Waals surface area contributed by atoms with Crippen molar-refractivity contribution in [3.05, 3.63) is 52.5 Å². The standard InChI is InChI=1S/C27H31ClN4O5/c1-4-30-12-13-31-20-7-5-6-19(28)18(20)15-27(23(31)16-30)24(33)29-26(35)32(25(27)34)11-10-17-8-9-21(36-2)22(14-17)37-3/h5-9,14,23H,4,10-13,15-16H2,1-3H3,(H,29,33,35)/t23-,27-/m0/s1. The predicted molar refractivity (Wildman–Crippen MR) is 139 cm³/mol. The average Bonchev–Trinajstić information content (AvgIpc) is 2.91. The predicted octanol–water partition coefficient (Wildman–Crippen LogP) is 2.73. The highest BCUT2D eigenvalue weighted by Gasteiger charge is 2.62. The smallest absolute Gasteiger partial charge is 0.330 e. The fourth-order valence-corrected chi connectivity index (χ4v) is 6.10. The van der Waals surface area contributed by atoms with Crippen LogP contribution in [-0.2, 0) is 22.4 Å². The largest absolute Gasteiger partial charge is 0.493 e. The summed E-state index contributed by atoms with van der Waals surface area (Å²) in [4.78, 5) is 46.4. The number of imide groups is 2. The zero-order valence-corrected chi connectivity index (χ0v) is 22.0. The van der Waals surface area contributed by atoms with Crippen LogP contribution in [0.3, 0.4) is 0 Å². The molecule has 2 fully saturated rings. The number of fused-ring (bicyclic) bond motifs is 4. The lowest BCUT2D eigenvalue weighted by atomic mass is 9.67. The third-order valence-electron chi connectivity index (χ3n) is 7.91. The van der Waals surface area contributed by atoms with Crippen molar-refractivity contribution in [2.45, 2.75) is 25.8 Å². The van der Waals surface area contributed by atoms with E-state index >= 15 is 0 Å². The molecule has 4 amide bonds. The van der Waals surface area contributed by atoms with Crippen LogP contribution in [0.5, 0.6) is 11.5 Å². The lowest BCUT2D eigenvalue weighted by molar-refractivity contribution is -0.154. The molecule has 3 heterocycles. The molecule has 196 valence electrons. The Morgan fingerprint density at radius 2 is 1.86 bits per heavy atom. The topological polar surface area (TPSA) is 91.4 Å². The van der Waals surface area contributed by atoms with Gasteiger partial charge in [0.2, 0.25) is 11.8 Å². The van der Waals surface area contributed by atoms with Crippen molar-refractivity contribution in [2.24, 2.45) is 5.41 Å². The molecule has 9 nitrogen and oxygen atoms in total. The number of anilines is 1. The first-order valence-corrected chi connectivity index (χ1v) is 12.9. The number of carbonyl (C=O) groups is 3. The number of amides is 4. The Kier molecular flexibility index (Phi) is 6.76. The molecule has 3 aliphatic rings. The second kappa shape index (κ2) is 9.87. The fourth-order valence-electron chi connectivity index (χ4n) is 5.86. The molecule has 2 aromatic rings. The molecule has 0 aromatic heterocycles. The van der Waals surface area contributed by atoms with Gasteiger partial charge in [-0.05, 0) is 48.4 Å². The number of hydrogen-bond acceptors (Lipinski definition) is 7. The first kappa shape index (κ1) is 25.4. The molecule has 0 radical (unpaired) electrons. The molecule has 0 saturated carbocycles. The van der Waals surface area contributed by atoms with E-state index < -0.39 is 29.3 Å². The van der Waals surface area contributed by atoms with Crippen molar-refractivity contribution in [1.82, 2.24) is 15.1 Å². The van der Waals surface area contributed by atoms with Gasteiger partial charge in [-0.2, -0.15) is 0 Å². The van der Waals surface area contributed by atoms with Gasteiger partial charge in [0.15, 0.2) is 16.9 Å². The molecule has 0 bridgehead atoms. The maximum Gasteiger partial charge on any atom is 0.330 e. The highest BCUT2D eigenvalue weighted by molar-refractivity contribution is 6.32.